The first kappa shape index (κ1) is 25.0. The Morgan fingerprint density at radius 1 is 1.00 bits per heavy atom. The number of halogens is 3. The molecule has 0 unspecified atom stereocenters. The summed E-state index contributed by atoms with van der Waals surface area (Å²) in [5.74, 6) is -0.454. The predicted octanol–water partition coefficient (Wildman–Crippen LogP) is 4.69. The number of nitrogens with zero attached hydrogens (tertiary/aromatic N) is 3. The van der Waals surface area contributed by atoms with Crippen molar-refractivity contribution < 1.29 is 22.8 Å². The molecule has 0 bridgehead atoms. The Hall–Kier alpha value is -2.64. The average molecular weight is 464 g/mol. The third kappa shape index (κ3) is 5.31. The maximum atomic E-state index is 13.4. The normalized spacial score (nSPS) is 18.8. The van der Waals surface area contributed by atoms with Crippen LogP contribution in [-0.2, 0) is 15.8 Å². The summed E-state index contributed by atoms with van der Waals surface area (Å²) >= 11 is 0. The van der Waals surface area contributed by atoms with E-state index in [1.807, 2.05) is 27.7 Å². The number of rotatable bonds is 3. The molecule has 0 atom stereocenters. The van der Waals surface area contributed by atoms with Crippen molar-refractivity contribution in [3.8, 4) is 0 Å². The van der Waals surface area contributed by atoms with Gasteiger partial charge in [-0.2, -0.15) is 13.2 Å². The van der Waals surface area contributed by atoms with E-state index in [2.05, 4.69) is 4.99 Å². The van der Waals surface area contributed by atoms with Crippen molar-refractivity contribution in [2.24, 2.45) is 10.4 Å². The van der Waals surface area contributed by atoms with Crippen molar-refractivity contribution in [2.45, 2.75) is 52.6 Å². The third-order valence-corrected chi connectivity index (χ3v) is 6.42. The molecule has 2 heterocycles. The van der Waals surface area contributed by atoms with E-state index in [4.69, 9.17) is 0 Å². The van der Waals surface area contributed by atoms with Gasteiger partial charge in [0, 0.05) is 44.2 Å². The van der Waals surface area contributed by atoms with Gasteiger partial charge in [-0.3, -0.25) is 14.6 Å². The first-order chi connectivity index (χ1) is 15.3. The summed E-state index contributed by atoms with van der Waals surface area (Å²) in [7, 11) is 1.56. The van der Waals surface area contributed by atoms with Crippen molar-refractivity contribution in [3.63, 3.8) is 0 Å². The fourth-order valence-electron chi connectivity index (χ4n) is 4.67. The van der Waals surface area contributed by atoms with Gasteiger partial charge in [0.2, 0.25) is 5.91 Å². The summed E-state index contributed by atoms with van der Waals surface area (Å²) in [6.07, 6.45) is -3.47. The molecule has 0 radical (unpaired) electrons. The van der Waals surface area contributed by atoms with E-state index in [-0.39, 0.29) is 17.7 Å². The number of carbonyl (C=O) groups excluding carboxylic acids is 2. The Bertz CT molecular complexity index is 981. The van der Waals surface area contributed by atoms with Crippen LogP contribution in [0.1, 0.15) is 57.6 Å². The maximum absolute atomic E-state index is 13.4. The minimum Gasteiger partial charge on any atom is -0.337 e. The predicted molar refractivity (Wildman–Crippen MR) is 122 cm³/mol. The first-order valence-electron chi connectivity index (χ1n) is 11.2. The number of carbonyl (C=O) groups is 2. The summed E-state index contributed by atoms with van der Waals surface area (Å²) in [5.41, 5.74) is 1.23. The van der Waals surface area contributed by atoms with Crippen molar-refractivity contribution in [1.29, 1.82) is 0 Å². The second-order valence-electron chi connectivity index (χ2n) is 9.89. The molecular formula is C25H32F3N3O2. The van der Waals surface area contributed by atoms with Gasteiger partial charge in [-0.1, -0.05) is 39.0 Å². The Labute approximate surface area is 193 Å². The monoisotopic (exact) mass is 463 g/mol. The van der Waals surface area contributed by atoms with Gasteiger partial charge in [-0.15, -0.1) is 0 Å². The van der Waals surface area contributed by atoms with Crippen LogP contribution in [0.5, 0.6) is 0 Å². The van der Waals surface area contributed by atoms with Crippen LogP contribution in [0.15, 0.2) is 40.4 Å². The Morgan fingerprint density at radius 3 is 2.15 bits per heavy atom. The number of hydrogen-bond donors (Lipinski definition) is 0. The molecule has 2 amide bonds. The molecular weight excluding hydrogens is 431 g/mol. The lowest BCUT2D eigenvalue weighted by atomic mass is 9.86. The Morgan fingerprint density at radius 2 is 1.61 bits per heavy atom. The van der Waals surface area contributed by atoms with Gasteiger partial charge in [0.25, 0.3) is 5.91 Å². The first-order valence-corrected chi connectivity index (χ1v) is 11.2. The van der Waals surface area contributed by atoms with Crippen LogP contribution in [0.4, 0.5) is 13.2 Å². The number of aliphatic imine (C=N–C) groups is 1. The number of alkyl halides is 3. The molecule has 0 N–H and O–H groups in total. The van der Waals surface area contributed by atoms with Crippen molar-refractivity contribution >= 4 is 17.5 Å². The highest BCUT2D eigenvalue weighted by Gasteiger charge is 2.38. The number of amides is 2. The van der Waals surface area contributed by atoms with Crippen LogP contribution in [0, 0.1) is 5.41 Å². The van der Waals surface area contributed by atoms with E-state index in [0.717, 1.165) is 17.2 Å². The second-order valence-corrected chi connectivity index (χ2v) is 9.89. The molecule has 33 heavy (non-hydrogen) atoms. The molecule has 1 saturated heterocycles. The molecule has 1 fully saturated rings. The molecule has 1 aromatic rings. The average Bonchev–Trinajstić information content (AvgIpc) is 3.13. The molecule has 5 nitrogen and oxygen atoms in total. The molecule has 180 valence electrons. The quantitative estimate of drug-likeness (QED) is 0.611. The third-order valence-electron chi connectivity index (χ3n) is 6.42. The number of likely N-dealkylation sites (tertiary alicyclic amines) is 1. The summed E-state index contributed by atoms with van der Waals surface area (Å²) in [5, 5.41) is 0. The zero-order valence-corrected chi connectivity index (χ0v) is 19.9. The maximum Gasteiger partial charge on any atom is 0.416 e. The fraction of sp³-hybridized carbons (Fsp3) is 0.560. The molecule has 0 aromatic heterocycles. The number of hydrogen-bond acceptors (Lipinski definition) is 3. The van der Waals surface area contributed by atoms with E-state index in [1.165, 1.54) is 12.1 Å². The highest BCUT2D eigenvalue weighted by Crippen LogP contribution is 2.38. The molecule has 2 aliphatic rings. The van der Waals surface area contributed by atoms with Crippen LogP contribution >= 0.6 is 0 Å². The van der Waals surface area contributed by atoms with Gasteiger partial charge < -0.3 is 9.80 Å². The molecule has 0 saturated carbocycles. The largest absolute Gasteiger partial charge is 0.416 e. The highest BCUT2D eigenvalue weighted by atomic mass is 19.4. The minimum absolute atomic E-state index is 0.0175. The molecule has 3 rings (SSSR count). The van der Waals surface area contributed by atoms with Crippen LogP contribution in [0.2, 0.25) is 0 Å². The lowest BCUT2D eigenvalue weighted by Crippen LogP contribution is -2.43. The van der Waals surface area contributed by atoms with Crippen LogP contribution in [0.3, 0.4) is 0 Å². The van der Waals surface area contributed by atoms with Gasteiger partial charge in [0.15, 0.2) is 0 Å². The van der Waals surface area contributed by atoms with Crippen molar-refractivity contribution in [1.82, 2.24) is 9.80 Å². The summed E-state index contributed by atoms with van der Waals surface area (Å²) in [6, 6.07) is 5.69. The summed E-state index contributed by atoms with van der Waals surface area (Å²) in [4.78, 5) is 33.6. The van der Waals surface area contributed by atoms with Crippen molar-refractivity contribution in [3.05, 3.63) is 46.5 Å². The smallest absolute Gasteiger partial charge is 0.337 e. The Kier molecular flexibility index (Phi) is 7.05. The highest BCUT2D eigenvalue weighted by molar-refractivity contribution is 6.45. The fourth-order valence-corrected chi connectivity index (χ4v) is 4.67. The van der Waals surface area contributed by atoms with Crippen LogP contribution in [-0.4, -0.2) is 60.6 Å². The standard InChI is InChI=1S/C25H32F3N3O2/c1-16-14-31(23(33)24(2,3)4)15-19(16)21(29-5)22(32)30-12-10-17(11-13-30)18-8-6-7-9-20(18)25(26,27)28/h6-9,17H,10-15H2,1-5H3. The van der Waals surface area contributed by atoms with E-state index in [1.54, 1.807) is 22.9 Å². The van der Waals surface area contributed by atoms with E-state index < -0.39 is 17.2 Å². The second kappa shape index (κ2) is 9.31. The summed E-state index contributed by atoms with van der Waals surface area (Å²) < 4.78 is 40.3. The van der Waals surface area contributed by atoms with Gasteiger partial charge in [0.1, 0.15) is 5.71 Å². The van der Waals surface area contributed by atoms with Gasteiger partial charge in [-0.05, 0) is 42.9 Å². The lowest BCUT2D eigenvalue weighted by Gasteiger charge is -2.33. The van der Waals surface area contributed by atoms with Crippen molar-refractivity contribution in [2.75, 3.05) is 33.2 Å². The number of piperidine rings is 1. The zero-order chi connectivity index (χ0) is 24.6. The lowest BCUT2D eigenvalue weighted by molar-refractivity contribution is -0.139. The van der Waals surface area contributed by atoms with Crippen LogP contribution < -0.4 is 0 Å². The van der Waals surface area contributed by atoms with Gasteiger partial charge in [-0.25, -0.2) is 0 Å². The Balaban J connectivity index is 1.70. The molecule has 8 heteroatoms. The van der Waals surface area contributed by atoms with E-state index in [9.17, 15) is 22.8 Å². The molecule has 0 spiro atoms. The summed E-state index contributed by atoms with van der Waals surface area (Å²) in [6.45, 7) is 9.04. The SMILES string of the molecule is CN=C(C(=O)N1CCC(c2ccccc2C(F)(F)F)CC1)C1=C(C)CN(C(=O)C(C)(C)C)C1. The zero-order valence-electron chi connectivity index (χ0n) is 19.9. The topological polar surface area (TPSA) is 53.0 Å². The van der Waals surface area contributed by atoms with E-state index in [0.29, 0.717) is 50.3 Å². The van der Waals surface area contributed by atoms with Gasteiger partial charge >= 0.3 is 6.18 Å². The number of benzene rings is 1. The minimum atomic E-state index is -4.39. The molecule has 1 aromatic carbocycles. The molecule has 2 aliphatic heterocycles. The molecule has 0 aliphatic carbocycles. The van der Waals surface area contributed by atoms with Gasteiger partial charge in [0.05, 0.1) is 5.56 Å². The van der Waals surface area contributed by atoms with E-state index >= 15 is 0 Å². The van der Waals surface area contributed by atoms with Crippen LogP contribution in [0.25, 0.3) is 0 Å².